The molecule has 0 aromatic carbocycles. The Hall–Kier alpha value is -0.300. The molecule has 4 fully saturated rings. The third-order valence-corrected chi connectivity index (χ3v) is 11.6. The Labute approximate surface area is 200 Å². The van der Waals surface area contributed by atoms with Gasteiger partial charge in [0.05, 0.1) is 12.2 Å². The third-order valence-electron chi connectivity index (χ3n) is 11.3. The van der Waals surface area contributed by atoms with Gasteiger partial charge in [0.15, 0.2) is 0 Å². The quantitative estimate of drug-likeness (QED) is 0.148. The smallest absolute Gasteiger partial charge is 0.233 e. The maximum atomic E-state index is 11.8. The average molecular weight is 467 g/mol. The number of aliphatic hydroxyl groups is 1. The third kappa shape index (κ3) is 3.85. The molecule has 3 unspecified atom stereocenters. The van der Waals surface area contributed by atoms with E-state index in [-0.39, 0.29) is 23.5 Å². The Morgan fingerprint density at radius 2 is 1.84 bits per heavy atom. The maximum absolute atomic E-state index is 11.8. The van der Waals surface area contributed by atoms with Gasteiger partial charge in [0.1, 0.15) is 0 Å². The van der Waals surface area contributed by atoms with E-state index in [1.54, 1.807) is 0 Å². The minimum Gasteiger partial charge on any atom is -0.393 e. The Balaban J connectivity index is 1.58. The number of rotatable bonds is 6. The summed E-state index contributed by atoms with van der Waals surface area (Å²) < 4.78 is 5.50. The minimum absolute atomic E-state index is 0.0616. The highest BCUT2D eigenvalue weighted by Crippen LogP contribution is 2.69. The highest BCUT2D eigenvalue weighted by Gasteiger charge is 2.64. The summed E-state index contributed by atoms with van der Waals surface area (Å²) in [6.45, 7) is 9.65. The van der Waals surface area contributed by atoms with E-state index in [1.165, 1.54) is 32.1 Å². The monoisotopic (exact) mass is 466 g/mol. The highest BCUT2D eigenvalue weighted by atomic mass is 32.1. The number of carbonyl (C=O) groups excluding carboxylic acids is 1. The van der Waals surface area contributed by atoms with Crippen molar-refractivity contribution in [3.05, 3.63) is 0 Å². The molecular formula is C26H46N2O3S. The topological polar surface area (TPSA) is 84.6 Å². The second kappa shape index (κ2) is 9.39. The summed E-state index contributed by atoms with van der Waals surface area (Å²) in [6.07, 6.45) is 10.8. The van der Waals surface area contributed by atoms with Crippen LogP contribution in [0.5, 0.6) is 0 Å². The normalized spacial score (nSPS) is 49.0. The lowest BCUT2D eigenvalue weighted by Gasteiger charge is -2.65. The Morgan fingerprint density at radius 1 is 1.16 bits per heavy atom. The van der Waals surface area contributed by atoms with Gasteiger partial charge in [-0.1, -0.05) is 34.1 Å². The molecule has 0 bridgehead atoms. The number of aliphatic hydroxyl groups excluding tert-OH is 1. The summed E-state index contributed by atoms with van der Waals surface area (Å²) in [5, 5.41) is 11.8. The molecule has 0 radical (unpaired) electrons. The van der Waals surface area contributed by atoms with Crippen LogP contribution in [0.25, 0.3) is 0 Å². The number of thiol groups is 1. The number of hydrazine groups is 1. The zero-order valence-corrected chi connectivity index (χ0v) is 21.4. The summed E-state index contributed by atoms with van der Waals surface area (Å²) in [4.78, 5) is 11.7. The van der Waals surface area contributed by atoms with E-state index in [1.807, 2.05) is 0 Å². The van der Waals surface area contributed by atoms with E-state index in [9.17, 15) is 9.90 Å². The van der Waals surface area contributed by atoms with Crippen LogP contribution in [0.15, 0.2) is 0 Å². The Morgan fingerprint density at radius 3 is 2.50 bits per heavy atom. The number of nitrogens with one attached hydrogen (secondary N) is 1. The Bertz CT molecular complexity index is 692. The predicted molar refractivity (Wildman–Crippen MR) is 130 cm³/mol. The number of hydrogen-bond donors (Lipinski definition) is 4. The van der Waals surface area contributed by atoms with Gasteiger partial charge in [-0.2, -0.15) is 0 Å². The molecule has 32 heavy (non-hydrogen) atoms. The van der Waals surface area contributed by atoms with Gasteiger partial charge in [0.25, 0.3) is 0 Å². The second-order valence-electron chi connectivity index (χ2n) is 12.3. The van der Waals surface area contributed by atoms with E-state index >= 15 is 0 Å². The molecule has 0 aliphatic heterocycles. The predicted octanol–water partition coefficient (Wildman–Crippen LogP) is 4.89. The van der Waals surface area contributed by atoms with Gasteiger partial charge >= 0.3 is 0 Å². The molecule has 0 saturated heterocycles. The number of carbonyl (C=O) groups is 1. The van der Waals surface area contributed by atoms with Crippen molar-refractivity contribution in [2.45, 2.75) is 104 Å². The lowest BCUT2D eigenvalue weighted by atomic mass is 9.41. The molecule has 6 heteroatoms. The number of nitrogens with two attached hydrogens (primary N) is 1. The lowest BCUT2D eigenvalue weighted by Crippen LogP contribution is -2.62. The zero-order chi connectivity index (χ0) is 23.3. The molecule has 4 saturated carbocycles. The lowest BCUT2D eigenvalue weighted by molar-refractivity contribution is -0.201. The van der Waals surface area contributed by atoms with Gasteiger partial charge in [0.2, 0.25) is 5.91 Å². The van der Waals surface area contributed by atoms with Crippen molar-refractivity contribution in [1.82, 2.24) is 5.43 Å². The average Bonchev–Trinajstić information content (AvgIpc) is 3.14. The molecule has 0 spiro atoms. The van der Waals surface area contributed by atoms with E-state index in [0.717, 1.165) is 25.7 Å². The van der Waals surface area contributed by atoms with E-state index in [0.29, 0.717) is 53.3 Å². The fourth-order valence-corrected chi connectivity index (χ4v) is 9.84. The molecule has 4 rings (SSSR count). The van der Waals surface area contributed by atoms with Gasteiger partial charge in [-0.15, -0.1) is 0 Å². The van der Waals surface area contributed by atoms with Crippen LogP contribution < -0.4 is 11.3 Å². The van der Waals surface area contributed by atoms with Crippen molar-refractivity contribution in [1.29, 1.82) is 0 Å². The van der Waals surface area contributed by atoms with Crippen LogP contribution in [0, 0.1) is 52.3 Å². The fourth-order valence-electron chi connectivity index (χ4n) is 9.64. The largest absolute Gasteiger partial charge is 0.393 e. The first-order valence-electron chi connectivity index (χ1n) is 13.2. The van der Waals surface area contributed by atoms with Crippen molar-refractivity contribution >= 4 is 18.8 Å². The molecule has 1 amide bonds. The highest BCUT2D eigenvalue weighted by molar-refractivity contribution is 7.75. The number of hydrogen-bond acceptors (Lipinski definition) is 5. The molecule has 0 heterocycles. The van der Waals surface area contributed by atoms with Gasteiger partial charge < -0.3 is 9.29 Å². The molecule has 184 valence electrons. The van der Waals surface area contributed by atoms with Crippen LogP contribution >= 0.6 is 12.9 Å². The molecule has 11 atom stereocenters. The summed E-state index contributed by atoms with van der Waals surface area (Å²) in [6, 6.07) is 0. The number of fused-ring (bicyclic) bond motifs is 5. The van der Waals surface area contributed by atoms with Gasteiger partial charge in [-0.3, -0.25) is 10.2 Å². The fraction of sp³-hybridized carbons (Fsp3) is 0.962. The minimum atomic E-state index is -0.205. The first-order valence-corrected chi connectivity index (χ1v) is 13.6. The van der Waals surface area contributed by atoms with Crippen molar-refractivity contribution in [2.24, 2.45) is 58.1 Å². The standard InChI is InChI=1S/C26H46N2O3S/c1-5-17-21-14-16(31-32)10-12-26(21,4)20-11-13-25(3)18(15(2)6-9-22(29)28-27)7-8-19(25)23(20)24(17)30/h15-21,23-24,30,32H,5-14,27H2,1-4H3,(H,28,29)/t15-,16-,17-,18?,19+,20+,21?,23+,24-,25-,26?/m1/s1. The molecule has 0 aromatic heterocycles. The summed E-state index contributed by atoms with van der Waals surface area (Å²) in [5.41, 5.74) is 2.86. The summed E-state index contributed by atoms with van der Waals surface area (Å²) in [7, 11) is 0. The van der Waals surface area contributed by atoms with Crippen LogP contribution in [0.3, 0.4) is 0 Å². The maximum Gasteiger partial charge on any atom is 0.233 e. The molecular weight excluding hydrogens is 420 g/mol. The molecule has 5 nitrogen and oxygen atoms in total. The number of amides is 1. The molecule has 4 N–H and O–H groups in total. The van der Waals surface area contributed by atoms with Crippen LogP contribution in [0.4, 0.5) is 0 Å². The Kier molecular flexibility index (Phi) is 7.28. The summed E-state index contributed by atoms with van der Waals surface area (Å²) in [5.74, 6) is 8.89. The van der Waals surface area contributed by atoms with Crippen LogP contribution in [-0.4, -0.2) is 23.2 Å². The molecule has 4 aliphatic rings. The van der Waals surface area contributed by atoms with Crippen molar-refractivity contribution in [3.8, 4) is 0 Å². The SMILES string of the molecule is CC[C@@H]1C2C[C@H](OS)CCC2(C)[C@H]2CC[C@]3(C)C([C@H](C)CCC(=O)NN)CC[C@H]3[C@@H]2[C@@H]1O. The van der Waals surface area contributed by atoms with Crippen molar-refractivity contribution < 1.29 is 14.1 Å². The van der Waals surface area contributed by atoms with E-state index in [2.05, 4.69) is 46.0 Å². The van der Waals surface area contributed by atoms with E-state index < -0.39 is 0 Å². The van der Waals surface area contributed by atoms with Gasteiger partial charge in [-0.25, -0.2) is 5.84 Å². The first-order chi connectivity index (χ1) is 15.2. The van der Waals surface area contributed by atoms with Gasteiger partial charge in [-0.05, 0) is 117 Å². The summed E-state index contributed by atoms with van der Waals surface area (Å²) >= 11 is 4.15. The van der Waals surface area contributed by atoms with Crippen molar-refractivity contribution in [3.63, 3.8) is 0 Å². The first kappa shape index (κ1) is 24.8. The molecule has 0 aromatic rings. The van der Waals surface area contributed by atoms with E-state index in [4.69, 9.17) is 10.0 Å². The molecule has 4 aliphatic carbocycles. The van der Waals surface area contributed by atoms with Crippen LogP contribution in [0.2, 0.25) is 0 Å². The van der Waals surface area contributed by atoms with Crippen LogP contribution in [-0.2, 0) is 8.98 Å². The van der Waals surface area contributed by atoms with Crippen LogP contribution in [0.1, 0.15) is 91.9 Å². The van der Waals surface area contributed by atoms with Crippen molar-refractivity contribution in [2.75, 3.05) is 0 Å². The van der Waals surface area contributed by atoms with Gasteiger partial charge in [0, 0.05) is 6.42 Å². The second-order valence-corrected chi connectivity index (χ2v) is 12.5. The zero-order valence-electron chi connectivity index (χ0n) is 20.6.